The zero-order chi connectivity index (χ0) is 12.4. The standard InChI is InChI=1S/C14H17N3/c1-4-11-12(10-15)14(16(3)13(11)5-2)17-8-6-7-9-17/h4-5H,1-2,6-9H2,3H3. The van der Waals surface area contributed by atoms with Gasteiger partial charge in [0.25, 0.3) is 0 Å². The van der Waals surface area contributed by atoms with Gasteiger partial charge in [-0.15, -0.1) is 0 Å². The predicted octanol–water partition coefficient (Wildman–Crippen LogP) is 2.78. The highest BCUT2D eigenvalue weighted by molar-refractivity contribution is 5.76. The molecule has 0 saturated carbocycles. The van der Waals surface area contributed by atoms with E-state index in [-0.39, 0.29) is 0 Å². The molecule has 1 saturated heterocycles. The first-order chi connectivity index (χ1) is 8.24. The maximum atomic E-state index is 9.35. The summed E-state index contributed by atoms with van der Waals surface area (Å²) in [5.41, 5.74) is 2.59. The van der Waals surface area contributed by atoms with Crippen molar-refractivity contribution in [3.05, 3.63) is 30.0 Å². The molecular formula is C14H17N3. The van der Waals surface area contributed by atoms with Crippen LogP contribution < -0.4 is 4.90 Å². The first-order valence-corrected chi connectivity index (χ1v) is 5.87. The summed E-state index contributed by atoms with van der Waals surface area (Å²) < 4.78 is 2.05. The molecule has 2 heterocycles. The van der Waals surface area contributed by atoms with Gasteiger partial charge in [0.15, 0.2) is 0 Å². The molecule has 17 heavy (non-hydrogen) atoms. The Hall–Kier alpha value is -1.95. The lowest BCUT2D eigenvalue weighted by Crippen LogP contribution is -2.21. The van der Waals surface area contributed by atoms with Gasteiger partial charge in [-0.3, -0.25) is 0 Å². The summed E-state index contributed by atoms with van der Waals surface area (Å²) >= 11 is 0. The van der Waals surface area contributed by atoms with E-state index in [1.165, 1.54) is 12.8 Å². The fourth-order valence-electron chi connectivity index (χ4n) is 2.57. The van der Waals surface area contributed by atoms with E-state index < -0.39 is 0 Å². The van der Waals surface area contributed by atoms with Gasteiger partial charge in [0, 0.05) is 25.7 Å². The Kier molecular flexibility index (Phi) is 3.06. The highest BCUT2D eigenvalue weighted by atomic mass is 15.2. The van der Waals surface area contributed by atoms with Crippen LogP contribution in [0.15, 0.2) is 13.2 Å². The lowest BCUT2D eigenvalue weighted by molar-refractivity contribution is 0.834. The maximum absolute atomic E-state index is 9.35. The van der Waals surface area contributed by atoms with Gasteiger partial charge in [0.05, 0.1) is 5.69 Å². The van der Waals surface area contributed by atoms with Crippen molar-refractivity contribution in [1.29, 1.82) is 5.26 Å². The van der Waals surface area contributed by atoms with Crippen LogP contribution in [0.5, 0.6) is 0 Å². The Balaban J connectivity index is 2.65. The molecule has 1 aliphatic heterocycles. The van der Waals surface area contributed by atoms with Crippen molar-refractivity contribution in [2.45, 2.75) is 12.8 Å². The second-order valence-electron chi connectivity index (χ2n) is 4.27. The molecule has 1 aliphatic rings. The van der Waals surface area contributed by atoms with E-state index in [2.05, 4.69) is 24.1 Å². The Morgan fingerprint density at radius 3 is 2.35 bits per heavy atom. The van der Waals surface area contributed by atoms with Gasteiger partial charge in [0.1, 0.15) is 17.5 Å². The summed E-state index contributed by atoms with van der Waals surface area (Å²) in [4.78, 5) is 2.28. The first-order valence-electron chi connectivity index (χ1n) is 5.87. The topological polar surface area (TPSA) is 32.0 Å². The lowest BCUT2D eigenvalue weighted by atomic mass is 10.1. The molecule has 2 rings (SSSR count). The van der Waals surface area contributed by atoms with E-state index in [4.69, 9.17) is 0 Å². The van der Waals surface area contributed by atoms with E-state index in [1.807, 2.05) is 11.6 Å². The van der Waals surface area contributed by atoms with Crippen LogP contribution in [-0.4, -0.2) is 17.7 Å². The second kappa shape index (κ2) is 4.50. The molecule has 0 aromatic carbocycles. The molecular weight excluding hydrogens is 210 g/mol. The Morgan fingerprint density at radius 2 is 1.88 bits per heavy atom. The number of aromatic nitrogens is 1. The van der Waals surface area contributed by atoms with Crippen LogP contribution >= 0.6 is 0 Å². The molecule has 0 unspecified atom stereocenters. The SMILES string of the molecule is C=Cc1c(C#N)c(N2CCCC2)n(C)c1C=C. The van der Waals surface area contributed by atoms with Crippen LogP contribution in [-0.2, 0) is 7.05 Å². The van der Waals surface area contributed by atoms with Crippen LogP contribution in [0.25, 0.3) is 12.2 Å². The van der Waals surface area contributed by atoms with E-state index in [9.17, 15) is 5.26 Å². The summed E-state index contributed by atoms with van der Waals surface area (Å²) in [6.45, 7) is 9.67. The maximum Gasteiger partial charge on any atom is 0.127 e. The first kappa shape index (κ1) is 11.5. The highest BCUT2D eigenvalue weighted by Gasteiger charge is 2.24. The molecule has 0 spiro atoms. The molecule has 0 aliphatic carbocycles. The van der Waals surface area contributed by atoms with Gasteiger partial charge >= 0.3 is 0 Å². The molecule has 1 aromatic rings. The summed E-state index contributed by atoms with van der Waals surface area (Å²) in [5.74, 6) is 1.01. The molecule has 1 fully saturated rings. The van der Waals surface area contributed by atoms with E-state index in [1.54, 1.807) is 12.2 Å². The number of anilines is 1. The fraction of sp³-hybridized carbons (Fsp3) is 0.357. The summed E-state index contributed by atoms with van der Waals surface area (Å²) in [5, 5.41) is 9.35. The Morgan fingerprint density at radius 1 is 1.24 bits per heavy atom. The number of rotatable bonds is 3. The zero-order valence-electron chi connectivity index (χ0n) is 10.2. The van der Waals surface area contributed by atoms with Crippen molar-refractivity contribution in [2.24, 2.45) is 7.05 Å². The quantitative estimate of drug-likeness (QED) is 0.795. The van der Waals surface area contributed by atoms with Gasteiger partial charge in [-0.2, -0.15) is 5.26 Å². The molecule has 1 aromatic heterocycles. The predicted molar refractivity (Wildman–Crippen MR) is 71.8 cm³/mol. The lowest BCUT2D eigenvalue weighted by Gasteiger charge is -2.19. The summed E-state index contributed by atoms with van der Waals surface area (Å²) in [6.07, 6.45) is 5.93. The van der Waals surface area contributed by atoms with Crippen molar-refractivity contribution >= 4 is 18.0 Å². The number of nitrogens with zero attached hydrogens (tertiary/aromatic N) is 3. The van der Waals surface area contributed by atoms with Gasteiger partial charge in [0.2, 0.25) is 0 Å². The van der Waals surface area contributed by atoms with Gasteiger partial charge in [-0.05, 0) is 18.9 Å². The average molecular weight is 227 g/mol. The van der Waals surface area contributed by atoms with Crippen molar-refractivity contribution in [3.8, 4) is 6.07 Å². The summed E-state index contributed by atoms with van der Waals surface area (Å²) in [6, 6.07) is 2.31. The third-order valence-corrected chi connectivity index (χ3v) is 3.36. The fourth-order valence-corrected chi connectivity index (χ4v) is 2.57. The number of hydrogen-bond acceptors (Lipinski definition) is 2. The monoisotopic (exact) mass is 227 g/mol. The van der Waals surface area contributed by atoms with Crippen molar-refractivity contribution in [2.75, 3.05) is 18.0 Å². The Bertz CT molecular complexity index is 497. The molecule has 0 atom stereocenters. The smallest absolute Gasteiger partial charge is 0.127 e. The number of hydrogen-bond donors (Lipinski definition) is 0. The molecule has 3 heteroatoms. The highest BCUT2D eigenvalue weighted by Crippen LogP contribution is 2.32. The van der Waals surface area contributed by atoms with Gasteiger partial charge in [-0.25, -0.2) is 0 Å². The molecule has 0 N–H and O–H groups in total. The molecule has 0 bridgehead atoms. The minimum absolute atomic E-state index is 0.722. The molecule has 88 valence electrons. The third-order valence-electron chi connectivity index (χ3n) is 3.36. The average Bonchev–Trinajstić information content (AvgIpc) is 2.93. The van der Waals surface area contributed by atoms with Crippen molar-refractivity contribution in [3.63, 3.8) is 0 Å². The van der Waals surface area contributed by atoms with E-state index in [0.29, 0.717) is 0 Å². The summed E-state index contributed by atoms with van der Waals surface area (Å²) in [7, 11) is 1.98. The second-order valence-corrected chi connectivity index (χ2v) is 4.27. The van der Waals surface area contributed by atoms with Gasteiger partial charge < -0.3 is 9.47 Å². The molecule has 3 nitrogen and oxygen atoms in total. The largest absolute Gasteiger partial charge is 0.357 e. The zero-order valence-corrected chi connectivity index (χ0v) is 10.2. The van der Waals surface area contributed by atoms with E-state index in [0.717, 1.165) is 35.7 Å². The van der Waals surface area contributed by atoms with E-state index >= 15 is 0 Å². The molecule has 0 radical (unpaired) electrons. The van der Waals surface area contributed by atoms with Crippen LogP contribution in [0.1, 0.15) is 29.7 Å². The van der Waals surface area contributed by atoms with Gasteiger partial charge in [-0.1, -0.05) is 19.2 Å². The minimum Gasteiger partial charge on any atom is -0.357 e. The van der Waals surface area contributed by atoms with Crippen LogP contribution in [0.3, 0.4) is 0 Å². The number of nitriles is 1. The minimum atomic E-state index is 0.722. The van der Waals surface area contributed by atoms with Crippen LogP contribution in [0, 0.1) is 11.3 Å². The third kappa shape index (κ3) is 1.66. The Labute approximate surface area is 102 Å². The normalized spacial score (nSPS) is 14.7. The van der Waals surface area contributed by atoms with Crippen molar-refractivity contribution < 1.29 is 0 Å². The van der Waals surface area contributed by atoms with Crippen LogP contribution in [0.2, 0.25) is 0 Å². The molecule has 0 amide bonds. The van der Waals surface area contributed by atoms with Crippen LogP contribution in [0.4, 0.5) is 5.82 Å². The van der Waals surface area contributed by atoms with Crippen molar-refractivity contribution in [1.82, 2.24) is 4.57 Å².